The molecular weight excluding hydrogens is 648 g/mol. The molecule has 19 heteroatoms. The van der Waals surface area contributed by atoms with E-state index < -0.39 is 73.5 Å². The summed E-state index contributed by atoms with van der Waals surface area (Å²) in [4.78, 5) is 23.5. The van der Waals surface area contributed by atoms with E-state index in [4.69, 9.17) is 14.6 Å². The van der Waals surface area contributed by atoms with E-state index in [0.717, 1.165) is 24.3 Å². The van der Waals surface area contributed by atoms with Crippen LogP contribution in [0, 0.1) is 5.82 Å². The number of benzene rings is 2. The lowest BCUT2D eigenvalue weighted by atomic mass is 9.97. The van der Waals surface area contributed by atoms with E-state index in [-0.39, 0.29) is 29.4 Å². The Hall–Kier alpha value is -3.90. The molecule has 1 unspecified atom stereocenters. The molecule has 0 aromatic heterocycles. The second-order valence-corrected chi connectivity index (χ2v) is 9.26. The van der Waals surface area contributed by atoms with E-state index in [1.807, 2.05) is 5.32 Å². The second kappa shape index (κ2) is 14.0. The number of carbonyl (C=O) groups is 2. The van der Waals surface area contributed by atoms with Crippen molar-refractivity contribution in [3.05, 3.63) is 59.9 Å². The molecule has 2 amide bonds. The zero-order chi connectivity index (χ0) is 34.4. The molecule has 2 aromatic carbocycles. The molecule has 0 aliphatic heterocycles. The maximum Gasteiger partial charge on any atom is 0.460 e. The first-order chi connectivity index (χ1) is 20.6. The predicted molar refractivity (Wildman–Crippen MR) is 132 cm³/mol. The summed E-state index contributed by atoms with van der Waals surface area (Å²) in [5.74, 6) is -31.1. The van der Waals surface area contributed by atoms with Gasteiger partial charge in [0.2, 0.25) is 0 Å². The first kappa shape index (κ1) is 37.3. The zero-order valence-electron chi connectivity index (χ0n) is 22.8. The van der Waals surface area contributed by atoms with Crippen LogP contribution in [-0.4, -0.2) is 84.3 Å². The number of nitrogens with zero attached hydrogens (tertiary/aromatic N) is 1. The summed E-state index contributed by atoms with van der Waals surface area (Å²) in [6.45, 7) is -3.13. The molecule has 0 aliphatic rings. The topological polar surface area (TPSA) is 88.1 Å². The summed E-state index contributed by atoms with van der Waals surface area (Å²) in [7, 11) is 0. The number of urea groups is 1. The molecule has 0 saturated carbocycles. The molecule has 0 heterocycles. The Balaban J connectivity index is 2.27. The Labute approximate surface area is 246 Å². The van der Waals surface area contributed by atoms with Gasteiger partial charge in [0.05, 0.1) is 13.1 Å². The average molecular weight is 672 g/mol. The minimum absolute atomic E-state index is 0.0608. The number of rotatable bonds is 15. The van der Waals surface area contributed by atoms with Crippen LogP contribution in [0.4, 0.5) is 63.2 Å². The number of carbonyl (C=O) groups excluding carboxylic acids is 1. The molecule has 2 N–H and O–H groups in total. The fourth-order valence-electron chi connectivity index (χ4n) is 3.56. The van der Waals surface area contributed by atoms with Crippen molar-refractivity contribution in [1.82, 2.24) is 4.90 Å². The molecule has 45 heavy (non-hydrogen) atoms. The number of carboxylic acid groups (broad SMARTS) is 1. The van der Waals surface area contributed by atoms with Crippen molar-refractivity contribution in [2.75, 3.05) is 31.6 Å². The van der Waals surface area contributed by atoms with Crippen molar-refractivity contribution < 1.29 is 76.9 Å². The van der Waals surface area contributed by atoms with Gasteiger partial charge in [0.25, 0.3) is 0 Å². The molecule has 0 bridgehead atoms. The van der Waals surface area contributed by atoms with Gasteiger partial charge in [0, 0.05) is 18.7 Å². The monoisotopic (exact) mass is 672 g/mol. The summed E-state index contributed by atoms with van der Waals surface area (Å²) >= 11 is 0. The van der Waals surface area contributed by atoms with Crippen LogP contribution in [0.25, 0.3) is 0 Å². The number of carboxylic acids is 1. The van der Waals surface area contributed by atoms with Crippen LogP contribution in [0.3, 0.4) is 0 Å². The quantitative estimate of drug-likeness (QED) is 0.202. The number of nitrogens with one attached hydrogen (secondary N) is 1. The third kappa shape index (κ3) is 8.64. The fourth-order valence-corrected chi connectivity index (χ4v) is 3.56. The smallest absolute Gasteiger partial charge is 0.460 e. The maximum absolute atomic E-state index is 14.5. The Kier molecular flexibility index (Phi) is 11.6. The van der Waals surface area contributed by atoms with Crippen LogP contribution in [-0.2, 0) is 16.0 Å². The zero-order valence-corrected chi connectivity index (χ0v) is 22.8. The Morgan fingerprint density at radius 2 is 1.40 bits per heavy atom. The molecule has 0 fully saturated rings. The predicted octanol–water partition coefficient (Wildman–Crippen LogP) is 6.87. The Morgan fingerprint density at radius 1 is 0.844 bits per heavy atom. The number of ether oxygens (including phenoxy) is 2. The molecule has 0 spiro atoms. The van der Waals surface area contributed by atoms with Crippen molar-refractivity contribution in [1.29, 1.82) is 0 Å². The normalized spacial score (nSPS) is 13.7. The highest BCUT2D eigenvalue weighted by molar-refractivity contribution is 5.89. The van der Waals surface area contributed by atoms with Crippen LogP contribution in [0.15, 0.2) is 48.5 Å². The van der Waals surface area contributed by atoms with Gasteiger partial charge in [-0.15, -0.1) is 0 Å². The summed E-state index contributed by atoms with van der Waals surface area (Å²) in [6.07, 6.45) is -8.63. The van der Waals surface area contributed by atoms with Gasteiger partial charge < -0.3 is 24.8 Å². The van der Waals surface area contributed by atoms with Gasteiger partial charge in [-0.3, -0.25) is 0 Å². The number of hydrogen-bond acceptors (Lipinski definition) is 4. The number of anilines is 1. The van der Waals surface area contributed by atoms with Gasteiger partial charge in [0.1, 0.15) is 18.2 Å². The third-order valence-corrected chi connectivity index (χ3v) is 5.99. The van der Waals surface area contributed by atoms with Crippen LogP contribution in [0.5, 0.6) is 5.75 Å². The summed E-state index contributed by atoms with van der Waals surface area (Å²) in [5, 5.41) is 11.0. The van der Waals surface area contributed by atoms with E-state index in [0.29, 0.717) is 5.56 Å². The lowest BCUT2D eigenvalue weighted by molar-refractivity contribution is -0.422. The van der Waals surface area contributed by atoms with Crippen molar-refractivity contribution in [3.8, 4) is 5.75 Å². The molecule has 252 valence electrons. The Morgan fingerprint density at radius 3 is 1.89 bits per heavy atom. The van der Waals surface area contributed by atoms with Crippen molar-refractivity contribution >= 4 is 17.7 Å². The molecule has 2 rings (SSSR count). The molecule has 2 aromatic rings. The largest absolute Gasteiger partial charge is 0.492 e. The molecule has 0 radical (unpaired) electrons. The summed E-state index contributed by atoms with van der Waals surface area (Å²) in [5.41, 5.74) is 0.0978. The van der Waals surface area contributed by atoms with Crippen LogP contribution < -0.4 is 10.1 Å². The van der Waals surface area contributed by atoms with Crippen LogP contribution in [0.2, 0.25) is 0 Å². The van der Waals surface area contributed by atoms with Gasteiger partial charge in [-0.05, 0) is 48.9 Å². The highest BCUT2D eigenvalue weighted by Gasteiger charge is 2.87. The van der Waals surface area contributed by atoms with Gasteiger partial charge in [-0.1, -0.05) is 12.1 Å². The first-order valence-corrected chi connectivity index (χ1v) is 12.5. The highest BCUT2D eigenvalue weighted by Crippen LogP contribution is 2.57. The van der Waals surface area contributed by atoms with E-state index in [2.05, 4.69) is 0 Å². The number of hydrogen-bond donors (Lipinski definition) is 2. The molecule has 0 saturated heterocycles. The maximum atomic E-state index is 14.5. The van der Waals surface area contributed by atoms with E-state index >= 15 is 0 Å². The van der Waals surface area contributed by atoms with Crippen LogP contribution >= 0.6 is 0 Å². The standard InChI is InChI=1S/C26H24F12N2O5/c1-2-44-19(20(41)42)13-15-3-9-18(10-4-15)45-12-11-40(21(43)39-17-7-5-16(27)6-8-17)14-22(28,29)23(30,31)24(32,33)25(34,35)26(36,37)38/h3-10,19H,2,11-14H2,1H3,(H,39,43)(H,41,42). The van der Waals surface area contributed by atoms with E-state index in [9.17, 15) is 62.3 Å². The minimum atomic E-state index is -7.67. The molecule has 1 atom stereocenters. The number of amides is 2. The number of halogens is 12. The summed E-state index contributed by atoms with van der Waals surface area (Å²) < 4.78 is 172. The molecule has 7 nitrogen and oxygen atoms in total. The molecular formula is C26H24F12N2O5. The van der Waals surface area contributed by atoms with Gasteiger partial charge >= 0.3 is 41.9 Å². The van der Waals surface area contributed by atoms with Crippen molar-refractivity contribution in [3.63, 3.8) is 0 Å². The lowest BCUT2D eigenvalue weighted by Crippen LogP contribution is -2.68. The van der Waals surface area contributed by atoms with E-state index in [1.54, 1.807) is 6.92 Å². The number of aliphatic carboxylic acids is 1. The number of alkyl halides is 11. The summed E-state index contributed by atoms with van der Waals surface area (Å²) in [6, 6.07) is 6.73. The highest BCUT2D eigenvalue weighted by atomic mass is 19.4. The van der Waals surface area contributed by atoms with Crippen LogP contribution in [0.1, 0.15) is 12.5 Å². The average Bonchev–Trinajstić information content (AvgIpc) is 2.93. The fraction of sp³-hybridized carbons (Fsp3) is 0.462. The minimum Gasteiger partial charge on any atom is -0.492 e. The molecule has 0 aliphatic carbocycles. The van der Waals surface area contributed by atoms with Gasteiger partial charge in [-0.2, -0.15) is 48.3 Å². The van der Waals surface area contributed by atoms with Gasteiger partial charge in [-0.25, -0.2) is 14.0 Å². The third-order valence-electron chi connectivity index (χ3n) is 5.99. The Bertz CT molecular complexity index is 1290. The van der Waals surface area contributed by atoms with Gasteiger partial charge in [0.15, 0.2) is 6.10 Å². The van der Waals surface area contributed by atoms with Crippen molar-refractivity contribution in [2.24, 2.45) is 0 Å². The lowest BCUT2D eigenvalue weighted by Gasteiger charge is -2.38. The SMILES string of the molecule is CCOC(Cc1ccc(OCCN(CC(F)(F)C(F)(F)C(F)(F)C(F)(F)C(F)(F)F)C(=O)Nc2ccc(F)cc2)cc1)C(=O)O. The second-order valence-electron chi connectivity index (χ2n) is 9.26. The van der Waals surface area contributed by atoms with Crippen molar-refractivity contribution in [2.45, 2.75) is 49.3 Å². The van der Waals surface area contributed by atoms with E-state index in [1.165, 1.54) is 24.3 Å². The first-order valence-electron chi connectivity index (χ1n) is 12.5.